The monoisotopic (exact) mass is 252 g/mol. The van der Waals surface area contributed by atoms with Crippen LogP contribution in [0.5, 0.6) is 0 Å². The molecule has 0 bridgehead atoms. The van der Waals surface area contributed by atoms with Gasteiger partial charge >= 0.3 is 0 Å². The summed E-state index contributed by atoms with van der Waals surface area (Å²) >= 11 is 1.75. The van der Waals surface area contributed by atoms with Crippen LogP contribution >= 0.6 is 11.3 Å². The second kappa shape index (κ2) is 5.65. The van der Waals surface area contributed by atoms with Crippen molar-refractivity contribution in [3.8, 4) is 0 Å². The van der Waals surface area contributed by atoms with Gasteiger partial charge in [0.25, 0.3) is 0 Å². The zero-order chi connectivity index (χ0) is 12.3. The van der Waals surface area contributed by atoms with Gasteiger partial charge in [0.05, 0.1) is 6.54 Å². The average molecular weight is 252 g/mol. The molecule has 1 fully saturated rings. The molecule has 0 radical (unpaired) electrons. The first kappa shape index (κ1) is 12.6. The smallest absolute Gasteiger partial charge is 0.234 e. The SMILES string of the molecule is CCNC(=O)CN1C[C@@H](c2ccsc2)C[C@@H]1C. The minimum absolute atomic E-state index is 0.144. The first-order chi connectivity index (χ1) is 8.20. The van der Waals surface area contributed by atoms with E-state index < -0.39 is 0 Å². The number of hydrogen-bond donors (Lipinski definition) is 1. The molecule has 0 aliphatic carbocycles. The van der Waals surface area contributed by atoms with Crippen molar-refractivity contribution < 1.29 is 4.79 Å². The quantitative estimate of drug-likeness (QED) is 0.889. The topological polar surface area (TPSA) is 32.3 Å². The Balaban J connectivity index is 1.91. The molecule has 1 aliphatic heterocycles. The van der Waals surface area contributed by atoms with E-state index in [4.69, 9.17) is 0 Å². The summed E-state index contributed by atoms with van der Waals surface area (Å²) in [6, 6.07) is 2.71. The molecule has 1 aromatic heterocycles. The largest absolute Gasteiger partial charge is 0.355 e. The average Bonchev–Trinajstić information content (AvgIpc) is 2.89. The molecule has 2 heterocycles. The third kappa shape index (κ3) is 3.07. The Morgan fingerprint density at radius 1 is 1.65 bits per heavy atom. The highest BCUT2D eigenvalue weighted by Gasteiger charge is 2.31. The van der Waals surface area contributed by atoms with Crippen LogP contribution in [0, 0.1) is 0 Å². The van der Waals surface area contributed by atoms with Gasteiger partial charge in [0.15, 0.2) is 0 Å². The molecule has 0 unspecified atom stereocenters. The maximum absolute atomic E-state index is 11.6. The highest BCUT2D eigenvalue weighted by Crippen LogP contribution is 2.32. The van der Waals surface area contributed by atoms with Gasteiger partial charge in [-0.1, -0.05) is 0 Å². The Kier molecular flexibility index (Phi) is 4.18. The highest BCUT2D eigenvalue weighted by molar-refractivity contribution is 7.07. The maximum atomic E-state index is 11.6. The van der Waals surface area contributed by atoms with Gasteiger partial charge in [-0.2, -0.15) is 11.3 Å². The fraction of sp³-hybridized carbons (Fsp3) is 0.615. The predicted octanol–water partition coefficient (Wildman–Crippen LogP) is 2.06. The Hall–Kier alpha value is -0.870. The predicted molar refractivity (Wildman–Crippen MR) is 71.4 cm³/mol. The Morgan fingerprint density at radius 3 is 3.12 bits per heavy atom. The van der Waals surface area contributed by atoms with E-state index in [-0.39, 0.29) is 5.91 Å². The van der Waals surface area contributed by atoms with E-state index in [1.165, 1.54) is 5.56 Å². The molecule has 1 aromatic rings. The van der Waals surface area contributed by atoms with Gasteiger partial charge in [0.2, 0.25) is 5.91 Å². The first-order valence-electron chi connectivity index (χ1n) is 6.23. The fourth-order valence-electron chi connectivity index (χ4n) is 2.51. The summed E-state index contributed by atoms with van der Waals surface area (Å²) in [7, 11) is 0. The van der Waals surface area contributed by atoms with Crippen LogP contribution in [-0.4, -0.2) is 36.5 Å². The molecule has 2 atom stereocenters. The zero-order valence-electron chi connectivity index (χ0n) is 10.5. The molecule has 1 aliphatic rings. The van der Waals surface area contributed by atoms with Crippen molar-refractivity contribution >= 4 is 17.2 Å². The first-order valence-corrected chi connectivity index (χ1v) is 7.17. The maximum Gasteiger partial charge on any atom is 0.234 e. The Bertz CT molecular complexity index is 364. The summed E-state index contributed by atoms with van der Waals surface area (Å²) in [5, 5.41) is 7.22. The third-order valence-electron chi connectivity index (χ3n) is 3.44. The molecular weight excluding hydrogens is 232 g/mol. The van der Waals surface area contributed by atoms with Crippen LogP contribution in [0.1, 0.15) is 31.7 Å². The van der Waals surface area contributed by atoms with Gasteiger partial charge in [-0.25, -0.2) is 0 Å². The van der Waals surface area contributed by atoms with Crippen molar-refractivity contribution in [1.82, 2.24) is 10.2 Å². The summed E-state index contributed by atoms with van der Waals surface area (Å²) in [4.78, 5) is 13.9. The summed E-state index contributed by atoms with van der Waals surface area (Å²) in [6.45, 7) is 6.44. The lowest BCUT2D eigenvalue weighted by Crippen LogP contribution is -2.38. The molecule has 17 heavy (non-hydrogen) atoms. The van der Waals surface area contributed by atoms with Crippen molar-refractivity contribution in [2.45, 2.75) is 32.2 Å². The molecule has 94 valence electrons. The lowest BCUT2D eigenvalue weighted by Gasteiger charge is -2.19. The van der Waals surface area contributed by atoms with E-state index in [2.05, 4.69) is 34.0 Å². The number of likely N-dealkylation sites (tertiary alicyclic amines) is 1. The number of nitrogens with one attached hydrogen (secondary N) is 1. The van der Waals surface area contributed by atoms with Crippen molar-refractivity contribution in [2.75, 3.05) is 19.6 Å². The van der Waals surface area contributed by atoms with E-state index in [9.17, 15) is 4.79 Å². The second-order valence-electron chi connectivity index (χ2n) is 4.72. The van der Waals surface area contributed by atoms with Crippen LogP contribution < -0.4 is 5.32 Å². The number of carbonyl (C=O) groups is 1. The van der Waals surface area contributed by atoms with Crippen LogP contribution in [0.2, 0.25) is 0 Å². The third-order valence-corrected chi connectivity index (χ3v) is 4.14. The van der Waals surface area contributed by atoms with E-state index >= 15 is 0 Å². The van der Waals surface area contributed by atoms with E-state index in [0.29, 0.717) is 18.5 Å². The number of nitrogens with zero attached hydrogens (tertiary/aromatic N) is 1. The molecule has 1 N–H and O–H groups in total. The standard InChI is InChI=1S/C13H20N2OS/c1-3-14-13(16)8-15-7-12(6-10(15)2)11-4-5-17-9-11/h4-5,9-10,12H,3,6-8H2,1-2H3,(H,14,16)/t10-,12-/m0/s1. The minimum Gasteiger partial charge on any atom is -0.355 e. The van der Waals surface area contributed by atoms with Crippen molar-refractivity contribution in [3.63, 3.8) is 0 Å². The zero-order valence-corrected chi connectivity index (χ0v) is 11.3. The molecule has 2 rings (SSSR count). The summed E-state index contributed by atoms with van der Waals surface area (Å²) in [5.74, 6) is 0.746. The van der Waals surface area contributed by atoms with Gasteiger partial charge in [0, 0.05) is 19.1 Å². The lowest BCUT2D eigenvalue weighted by molar-refractivity contribution is -0.122. The fourth-order valence-corrected chi connectivity index (χ4v) is 3.25. The molecule has 3 nitrogen and oxygen atoms in total. The van der Waals surface area contributed by atoms with Gasteiger partial charge in [-0.3, -0.25) is 9.69 Å². The Morgan fingerprint density at radius 2 is 2.47 bits per heavy atom. The number of rotatable bonds is 4. The van der Waals surface area contributed by atoms with E-state index in [1.807, 2.05) is 6.92 Å². The number of hydrogen-bond acceptors (Lipinski definition) is 3. The van der Waals surface area contributed by atoms with E-state index in [0.717, 1.165) is 19.5 Å². The summed E-state index contributed by atoms with van der Waals surface area (Å²) in [6.07, 6.45) is 1.16. The van der Waals surface area contributed by atoms with Crippen molar-refractivity contribution in [3.05, 3.63) is 22.4 Å². The molecule has 0 spiro atoms. The molecule has 0 aromatic carbocycles. The molecular formula is C13H20N2OS. The van der Waals surface area contributed by atoms with Gasteiger partial charge < -0.3 is 5.32 Å². The number of amides is 1. The van der Waals surface area contributed by atoms with Crippen LogP contribution in [0.15, 0.2) is 16.8 Å². The number of likely N-dealkylation sites (N-methyl/N-ethyl adjacent to an activating group) is 1. The van der Waals surface area contributed by atoms with Gasteiger partial charge in [-0.15, -0.1) is 0 Å². The number of carbonyl (C=O) groups excluding carboxylic acids is 1. The second-order valence-corrected chi connectivity index (χ2v) is 5.50. The number of thiophene rings is 1. The highest BCUT2D eigenvalue weighted by atomic mass is 32.1. The Labute approximate surface area is 107 Å². The lowest BCUT2D eigenvalue weighted by atomic mass is 10.00. The molecule has 1 saturated heterocycles. The molecule has 4 heteroatoms. The van der Waals surface area contributed by atoms with Crippen LogP contribution in [0.3, 0.4) is 0 Å². The van der Waals surface area contributed by atoms with Crippen LogP contribution in [-0.2, 0) is 4.79 Å². The normalized spacial score (nSPS) is 25.1. The van der Waals surface area contributed by atoms with Crippen LogP contribution in [0.4, 0.5) is 0 Å². The molecule has 1 amide bonds. The minimum atomic E-state index is 0.144. The van der Waals surface area contributed by atoms with Crippen LogP contribution in [0.25, 0.3) is 0 Å². The van der Waals surface area contributed by atoms with Crippen molar-refractivity contribution in [2.24, 2.45) is 0 Å². The van der Waals surface area contributed by atoms with E-state index in [1.54, 1.807) is 11.3 Å². The molecule has 0 saturated carbocycles. The summed E-state index contributed by atoms with van der Waals surface area (Å²) in [5.41, 5.74) is 1.43. The van der Waals surface area contributed by atoms with Crippen molar-refractivity contribution in [1.29, 1.82) is 0 Å². The van der Waals surface area contributed by atoms with Gasteiger partial charge in [0.1, 0.15) is 0 Å². The van der Waals surface area contributed by atoms with Gasteiger partial charge in [-0.05, 0) is 48.6 Å². The summed E-state index contributed by atoms with van der Waals surface area (Å²) < 4.78 is 0.